The van der Waals surface area contributed by atoms with Crippen LogP contribution >= 0.6 is 39.1 Å². The van der Waals surface area contributed by atoms with Gasteiger partial charge in [-0.05, 0) is 52.2 Å². The summed E-state index contributed by atoms with van der Waals surface area (Å²) < 4.78 is 0.925. The Morgan fingerprint density at radius 1 is 1.29 bits per heavy atom. The fraction of sp³-hybridized carbons (Fsp3) is 0.0909. The van der Waals surface area contributed by atoms with Crippen molar-refractivity contribution in [1.29, 1.82) is 0 Å². The number of halogens is 3. The van der Waals surface area contributed by atoms with Gasteiger partial charge in [0, 0.05) is 4.47 Å². The smallest absolute Gasteiger partial charge is 0.224 e. The van der Waals surface area contributed by atoms with Gasteiger partial charge in [0.15, 0.2) is 5.82 Å². The molecule has 1 aromatic heterocycles. The van der Waals surface area contributed by atoms with Gasteiger partial charge in [-0.3, -0.25) is 0 Å². The van der Waals surface area contributed by atoms with Crippen molar-refractivity contribution in [3.05, 3.63) is 44.7 Å². The van der Waals surface area contributed by atoms with Crippen molar-refractivity contribution in [3.63, 3.8) is 0 Å². The van der Waals surface area contributed by atoms with E-state index in [4.69, 9.17) is 23.2 Å². The molecule has 17 heavy (non-hydrogen) atoms. The van der Waals surface area contributed by atoms with Crippen molar-refractivity contribution < 1.29 is 0 Å². The van der Waals surface area contributed by atoms with Gasteiger partial charge in [-0.15, -0.1) is 0 Å². The van der Waals surface area contributed by atoms with Crippen LogP contribution in [0.3, 0.4) is 0 Å². The third-order valence-electron chi connectivity index (χ3n) is 2.09. The number of aryl methyl sites for hydroxylation is 1. The molecule has 2 rings (SSSR count). The number of hydrogen-bond donors (Lipinski definition) is 1. The van der Waals surface area contributed by atoms with Crippen LogP contribution in [-0.4, -0.2) is 9.97 Å². The third kappa shape index (κ3) is 3.09. The lowest BCUT2D eigenvalue weighted by atomic mass is 10.2. The van der Waals surface area contributed by atoms with Crippen LogP contribution in [0, 0.1) is 6.92 Å². The highest BCUT2D eigenvalue weighted by Crippen LogP contribution is 2.29. The Morgan fingerprint density at radius 3 is 2.82 bits per heavy atom. The van der Waals surface area contributed by atoms with E-state index in [1.165, 1.54) is 6.20 Å². The second-order valence-corrected chi connectivity index (χ2v) is 5.04. The number of nitrogens with one attached hydrogen (secondary N) is 1. The molecular weight excluding hydrogens is 325 g/mol. The van der Waals surface area contributed by atoms with E-state index in [1.807, 2.05) is 25.1 Å². The number of rotatable bonds is 2. The van der Waals surface area contributed by atoms with Crippen molar-refractivity contribution in [2.45, 2.75) is 6.92 Å². The van der Waals surface area contributed by atoms with E-state index in [1.54, 1.807) is 0 Å². The van der Waals surface area contributed by atoms with Crippen LogP contribution in [0.25, 0.3) is 0 Å². The van der Waals surface area contributed by atoms with Crippen LogP contribution in [0.2, 0.25) is 10.3 Å². The zero-order chi connectivity index (χ0) is 12.4. The molecule has 2 aromatic rings. The molecule has 3 nitrogen and oxygen atoms in total. The van der Waals surface area contributed by atoms with Crippen LogP contribution in [0.5, 0.6) is 0 Å². The molecule has 0 aliphatic carbocycles. The summed E-state index contributed by atoms with van der Waals surface area (Å²) in [6.45, 7) is 2.01. The van der Waals surface area contributed by atoms with E-state index in [9.17, 15) is 0 Å². The molecule has 88 valence electrons. The number of aromatic nitrogens is 2. The predicted molar refractivity (Wildman–Crippen MR) is 74.2 cm³/mol. The van der Waals surface area contributed by atoms with Gasteiger partial charge < -0.3 is 5.32 Å². The van der Waals surface area contributed by atoms with Gasteiger partial charge in [0.1, 0.15) is 5.02 Å². The fourth-order valence-corrected chi connectivity index (χ4v) is 1.91. The molecule has 0 atom stereocenters. The first-order valence-corrected chi connectivity index (χ1v) is 6.32. The van der Waals surface area contributed by atoms with Crippen LogP contribution < -0.4 is 5.32 Å². The van der Waals surface area contributed by atoms with Gasteiger partial charge in [0.25, 0.3) is 0 Å². The maximum atomic E-state index is 5.98. The Labute approximate surface area is 117 Å². The number of hydrogen-bond acceptors (Lipinski definition) is 3. The summed E-state index contributed by atoms with van der Waals surface area (Å²) in [5, 5.41) is 3.68. The second kappa shape index (κ2) is 5.21. The maximum absolute atomic E-state index is 5.98. The van der Waals surface area contributed by atoms with E-state index in [2.05, 4.69) is 31.2 Å². The Morgan fingerprint density at radius 2 is 2.06 bits per heavy atom. The normalized spacial score (nSPS) is 10.4. The molecule has 0 saturated heterocycles. The number of anilines is 2. The van der Waals surface area contributed by atoms with Gasteiger partial charge >= 0.3 is 0 Å². The predicted octanol–water partition coefficient (Wildman–Crippen LogP) is 4.60. The molecule has 0 aliphatic heterocycles. The molecule has 1 aromatic carbocycles. The monoisotopic (exact) mass is 331 g/mol. The lowest BCUT2D eigenvalue weighted by molar-refractivity contribution is 1.17. The summed E-state index contributed by atoms with van der Waals surface area (Å²) in [5.74, 6) is 0.484. The van der Waals surface area contributed by atoms with Crippen molar-refractivity contribution >= 4 is 50.6 Å². The second-order valence-electron chi connectivity index (χ2n) is 3.44. The summed E-state index contributed by atoms with van der Waals surface area (Å²) in [4.78, 5) is 7.82. The lowest BCUT2D eigenvalue weighted by Crippen LogP contribution is -1.97. The molecule has 0 spiro atoms. The quantitative estimate of drug-likeness (QED) is 0.817. The summed E-state index contributed by atoms with van der Waals surface area (Å²) in [7, 11) is 0. The zero-order valence-corrected chi connectivity index (χ0v) is 11.9. The molecule has 0 bridgehead atoms. The van der Waals surface area contributed by atoms with Crippen LogP contribution in [0.4, 0.5) is 11.5 Å². The average Bonchev–Trinajstić information content (AvgIpc) is 2.28. The Kier molecular flexibility index (Phi) is 3.86. The SMILES string of the molecule is Cc1ccc(Br)c(Nc2nc(Cl)ncc2Cl)c1. The molecule has 0 unspecified atom stereocenters. The van der Waals surface area contributed by atoms with Crippen molar-refractivity contribution in [2.24, 2.45) is 0 Å². The molecule has 1 N–H and O–H groups in total. The summed E-state index contributed by atoms with van der Waals surface area (Å²) in [6, 6.07) is 5.94. The number of benzene rings is 1. The largest absolute Gasteiger partial charge is 0.338 e. The Bertz CT molecular complexity index is 511. The van der Waals surface area contributed by atoms with Gasteiger partial charge in [-0.1, -0.05) is 17.7 Å². The van der Waals surface area contributed by atoms with E-state index in [0.717, 1.165) is 15.7 Å². The van der Waals surface area contributed by atoms with E-state index in [-0.39, 0.29) is 5.28 Å². The highest BCUT2D eigenvalue weighted by molar-refractivity contribution is 9.10. The third-order valence-corrected chi connectivity index (χ3v) is 3.24. The fourth-order valence-electron chi connectivity index (χ4n) is 1.30. The van der Waals surface area contributed by atoms with Crippen LogP contribution in [0.1, 0.15) is 5.56 Å². The van der Waals surface area contributed by atoms with Gasteiger partial charge in [0.05, 0.1) is 11.9 Å². The van der Waals surface area contributed by atoms with E-state index >= 15 is 0 Å². The van der Waals surface area contributed by atoms with Crippen LogP contribution in [-0.2, 0) is 0 Å². The van der Waals surface area contributed by atoms with E-state index in [0.29, 0.717) is 10.8 Å². The highest BCUT2D eigenvalue weighted by atomic mass is 79.9. The topological polar surface area (TPSA) is 37.8 Å². The molecule has 1 heterocycles. The Hall–Kier alpha value is -0.840. The Balaban J connectivity index is 2.37. The molecule has 0 fully saturated rings. The summed E-state index contributed by atoms with van der Waals surface area (Å²) in [6.07, 6.45) is 1.46. The van der Waals surface area contributed by atoms with Crippen LogP contribution in [0.15, 0.2) is 28.9 Å². The van der Waals surface area contributed by atoms with Crippen molar-refractivity contribution in [1.82, 2.24) is 9.97 Å². The molecule has 0 radical (unpaired) electrons. The molecule has 0 saturated carbocycles. The van der Waals surface area contributed by atoms with Crippen molar-refractivity contribution in [2.75, 3.05) is 5.32 Å². The van der Waals surface area contributed by atoms with E-state index < -0.39 is 0 Å². The summed E-state index contributed by atoms with van der Waals surface area (Å²) >= 11 is 15.1. The maximum Gasteiger partial charge on any atom is 0.224 e. The van der Waals surface area contributed by atoms with Gasteiger partial charge in [0.2, 0.25) is 5.28 Å². The molecule has 0 amide bonds. The first kappa shape index (κ1) is 12.6. The van der Waals surface area contributed by atoms with Crippen molar-refractivity contribution in [3.8, 4) is 0 Å². The highest BCUT2D eigenvalue weighted by Gasteiger charge is 2.07. The minimum atomic E-state index is 0.153. The van der Waals surface area contributed by atoms with Gasteiger partial charge in [-0.2, -0.15) is 4.98 Å². The van der Waals surface area contributed by atoms with Gasteiger partial charge in [-0.25, -0.2) is 4.98 Å². The minimum absolute atomic E-state index is 0.153. The average molecular weight is 333 g/mol. The molecule has 0 aliphatic rings. The number of nitrogens with zero attached hydrogens (tertiary/aromatic N) is 2. The standard InChI is InChI=1S/C11H8BrCl2N3/c1-6-2-3-7(12)9(4-6)16-10-8(13)5-15-11(14)17-10/h2-5H,1H3,(H,15,16,17). The minimum Gasteiger partial charge on any atom is -0.338 e. The molecule has 6 heteroatoms. The summed E-state index contributed by atoms with van der Waals surface area (Å²) in [5.41, 5.74) is 2.01. The lowest BCUT2D eigenvalue weighted by Gasteiger charge is -2.09. The first-order valence-electron chi connectivity index (χ1n) is 4.77. The zero-order valence-electron chi connectivity index (χ0n) is 8.84. The molecular formula is C11H8BrCl2N3. The first-order chi connectivity index (χ1) is 8.06.